The number of fused-ring (bicyclic) bond motifs is 1. The SMILES string of the molecule is Cc1ccc(-n2c(C(C)Cl)nc3ccc(C#N)cc32)cc1. The standard InChI is InChI=1S/C17H14ClN3/c1-11-3-6-14(7-4-11)21-16-9-13(10-19)5-8-15(16)20-17(21)12(2)18/h3-9,12H,1-2H3. The highest BCUT2D eigenvalue weighted by molar-refractivity contribution is 6.20. The summed E-state index contributed by atoms with van der Waals surface area (Å²) < 4.78 is 2.02. The van der Waals surface area contributed by atoms with E-state index in [9.17, 15) is 0 Å². The van der Waals surface area contributed by atoms with Crippen molar-refractivity contribution in [1.82, 2.24) is 9.55 Å². The number of alkyl halides is 1. The first-order chi connectivity index (χ1) is 10.1. The van der Waals surface area contributed by atoms with Gasteiger partial charge in [0.25, 0.3) is 0 Å². The number of imidazole rings is 1. The number of benzene rings is 2. The van der Waals surface area contributed by atoms with Gasteiger partial charge in [-0.25, -0.2) is 4.98 Å². The molecule has 2 aromatic carbocycles. The first kappa shape index (κ1) is 13.7. The van der Waals surface area contributed by atoms with Gasteiger partial charge in [0.1, 0.15) is 5.82 Å². The zero-order valence-electron chi connectivity index (χ0n) is 11.8. The minimum absolute atomic E-state index is 0.218. The van der Waals surface area contributed by atoms with E-state index in [-0.39, 0.29) is 5.38 Å². The maximum atomic E-state index is 9.11. The van der Waals surface area contributed by atoms with Crippen molar-refractivity contribution in [3.8, 4) is 11.8 Å². The smallest absolute Gasteiger partial charge is 0.132 e. The molecule has 0 aliphatic carbocycles. The summed E-state index contributed by atoms with van der Waals surface area (Å²) in [4.78, 5) is 4.61. The van der Waals surface area contributed by atoms with Gasteiger partial charge in [-0.15, -0.1) is 11.6 Å². The van der Waals surface area contributed by atoms with Crippen LogP contribution >= 0.6 is 11.6 Å². The molecule has 1 unspecified atom stereocenters. The third-order valence-corrected chi connectivity index (χ3v) is 3.65. The average Bonchev–Trinajstić information content (AvgIpc) is 2.86. The van der Waals surface area contributed by atoms with Crippen molar-refractivity contribution >= 4 is 22.6 Å². The van der Waals surface area contributed by atoms with E-state index in [1.165, 1.54) is 5.56 Å². The second kappa shape index (κ2) is 5.23. The van der Waals surface area contributed by atoms with Crippen LogP contribution in [0.25, 0.3) is 16.7 Å². The van der Waals surface area contributed by atoms with Crippen molar-refractivity contribution in [3.63, 3.8) is 0 Å². The Balaban J connectivity index is 2.34. The van der Waals surface area contributed by atoms with Crippen LogP contribution in [0.5, 0.6) is 0 Å². The molecule has 3 rings (SSSR count). The lowest BCUT2D eigenvalue weighted by molar-refractivity contribution is 0.882. The van der Waals surface area contributed by atoms with E-state index in [0.717, 1.165) is 22.5 Å². The Morgan fingerprint density at radius 2 is 1.90 bits per heavy atom. The van der Waals surface area contributed by atoms with Gasteiger partial charge in [0.05, 0.1) is 28.0 Å². The van der Waals surface area contributed by atoms with Crippen LogP contribution in [-0.4, -0.2) is 9.55 Å². The van der Waals surface area contributed by atoms with Gasteiger partial charge in [-0.2, -0.15) is 5.26 Å². The summed E-state index contributed by atoms with van der Waals surface area (Å²) in [6.45, 7) is 3.95. The molecule has 0 bridgehead atoms. The summed E-state index contributed by atoms with van der Waals surface area (Å²) in [6, 6.07) is 15.8. The molecule has 1 atom stereocenters. The molecule has 1 heterocycles. The van der Waals surface area contributed by atoms with Crippen LogP contribution in [0, 0.1) is 18.3 Å². The van der Waals surface area contributed by atoms with Crippen molar-refractivity contribution in [2.24, 2.45) is 0 Å². The number of aromatic nitrogens is 2. The fourth-order valence-corrected chi connectivity index (χ4v) is 2.54. The Labute approximate surface area is 128 Å². The lowest BCUT2D eigenvalue weighted by atomic mass is 10.2. The van der Waals surface area contributed by atoms with Crippen molar-refractivity contribution in [1.29, 1.82) is 5.26 Å². The molecule has 3 aromatic rings. The molecule has 0 N–H and O–H groups in total. The van der Waals surface area contributed by atoms with Gasteiger partial charge in [-0.05, 0) is 44.2 Å². The van der Waals surface area contributed by atoms with E-state index in [4.69, 9.17) is 16.9 Å². The Morgan fingerprint density at radius 1 is 1.19 bits per heavy atom. The predicted molar refractivity (Wildman–Crippen MR) is 84.8 cm³/mol. The number of aryl methyl sites for hydroxylation is 1. The predicted octanol–water partition coefficient (Wildman–Crippen LogP) is 4.51. The van der Waals surface area contributed by atoms with Gasteiger partial charge >= 0.3 is 0 Å². The topological polar surface area (TPSA) is 41.6 Å². The van der Waals surface area contributed by atoms with Gasteiger partial charge in [0.15, 0.2) is 0 Å². The molecule has 0 amide bonds. The largest absolute Gasteiger partial charge is 0.295 e. The number of nitrogens with zero attached hydrogens (tertiary/aromatic N) is 3. The maximum absolute atomic E-state index is 9.11. The van der Waals surface area contributed by atoms with E-state index in [0.29, 0.717) is 5.56 Å². The minimum Gasteiger partial charge on any atom is -0.295 e. The number of halogens is 1. The van der Waals surface area contributed by atoms with Crippen LogP contribution < -0.4 is 0 Å². The van der Waals surface area contributed by atoms with Crippen LogP contribution in [-0.2, 0) is 0 Å². The van der Waals surface area contributed by atoms with Crippen LogP contribution in [0.2, 0.25) is 0 Å². The third-order valence-electron chi connectivity index (χ3n) is 3.46. The highest BCUT2D eigenvalue weighted by atomic mass is 35.5. The van der Waals surface area contributed by atoms with Crippen molar-refractivity contribution < 1.29 is 0 Å². The summed E-state index contributed by atoms with van der Waals surface area (Å²) in [5.41, 5.74) is 4.56. The highest BCUT2D eigenvalue weighted by Crippen LogP contribution is 2.28. The number of nitriles is 1. The number of hydrogen-bond donors (Lipinski definition) is 0. The summed E-state index contributed by atoms with van der Waals surface area (Å²) in [7, 11) is 0. The zero-order valence-corrected chi connectivity index (χ0v) is 12.6. The molecule has 1 aromatic heterocycles. The lowest BCUT2D eigenvalue weighted by Gasteiger charge is -2.11. The molecular formula is C17H14ClN3. The van der Waals surface area contributed by atoms with Crippen LogP contribution in [0.1, 0.15) is 29.3 Å². The summed E-state index contributed by atoms with van der Waals surface area (Å²) in [5.74, 6) is 0.783. The monoisotopic (exact) mass is 295 g/mol. The van der Waals surface area contributed by atoms with E-state index in [2.05, 4.69) is 30.1 Å². The second-order valence-electron chi connectivity index (χ2n) is 5.07. The van der Waals surface area contributed by atoms with Gasteiger partial charge in [-0.1, -0.05) is 17.7 Å². The molecule has 0 saturated heterocycles. The van der Waals surface area contributed by atoms with Crippen molar-refractivity contribution in [2.75, 3.05) is 0 Å². The highest BCUT2D eigenvalue weighted by Gasteiger charge is 2.16. The Kier molecular flexibility index (Phi) is 3.40. The molecule has 0 radical (unpaired) electrons. The van der Waals surface area contributed by atoms with E-state index < -0.39 is 0 Å². The zero-order chi connectivity index (χ0) is 15.0. The molecule has 0 aliphatic rings. The van der Waals surface area contributed by atoms with Crippen LogP contribution in [0.15, 0.2) is 42.5 Å². The molecule has 0 aliphatic heterocycles. The van der Waals surface area contributed by atoms with Gasteiger partial charge in [-0.3, -0.25) is 4.57 Å². The molecule has 104 valence electrons. The van der Waals surface area contributed by atoms with Crippen LogP contribution in [0.3, 0.4) is 0 Å². The molecule has 3 nitrogen and oxygen atoms in total. The summed E-state index contributed by atoms with van der Waals surface area (Å²) in [5, 5.41) is 8.89. The number of rotatable bonds is 2. The molecule has 4 heteroatoms. The quantitative estimate of drug-likeness (QED) is 0.653. The Bertz CT molecular complexity index is 839. The first-order valence-electron chi connectivity index (χ1n) is 6.74. The second-order valence-corrected chi connectivity index (χ2v) is 5.73. The fourth-order valence-electron chi connectivity index (χ4n) is 2.40. The molecule has 0 fully saturated rings. The minimum atomic E-state index is -0.218. The van der Waals surface area contributed by atoms with Gasteiger partial charge in [0.2, 0.25) is 0 Å². The molecular weight excluding hydrogens is 282 g/mol. The van der Waals surface area contributed by atoms with E-state index >= 15 is 0 Å². The van der Waals surface area contributed by atoms with Crippen molar-refractivity contribution in [3.05, 3.63) is 59.4 Å². The first-order valence-corrected chi connectivity index (χ1v) is 7.17. The molecule has 0 spiro atoms. The number of hydrogen-bond acceptors (Lipinski definition) is 2. The molecule has 21 heavy (non-hydrogen) atoms. The van der Waals surface area contributed by atoms with Crippen LogP contribution in [0.4, 0.5) is 0 Å². The molecule has 0 saturated carbocycles. The summed E-state index contributed by atoms with van der Waals surface area (Å²) in [6.07, 6.45) is 0. The Hall–Kier alpha value is -2.31. The normalized spacial score (nSPS) is 12.3. The van der Waals surface area contributed by atoms with E-state index in [1.807, 2.05) is 35.8 Å². The van der Waals surface area contributed by atoms with E-state index in [1.54, 1.807) is 6.07 Å². The maximum Gasteiger partial charge on any atom is 0.132 e. The summed E-state index contributed by atoms with van der Waals surface area (Å²) >= 11 is 6.29. The lowest BCUT2D eigenvalue weighted by Crippen LogP contribution is -2.01. The van der Waals surface area contributed by atoms with Crippen molar-refractivity contribution in [2.45, 2.75) is 19.2 Å². The van der Waals surface area contributed by atoms with Gasteiger partial charge in [0, 0.05) is 5.69 Å². The fraction of sp³-hybridized carbons (Fsp3) is 0.176. The Morgan fingerprint density at radius 3 is 2.52 bits per heavy atom. The third kappa shape index (κ3) is 2.39. The van der Waals surface area contributed by atoms with Gasteiger partial charge < -0.3 is 0 Å². The average molecular weight is 296 g/mol.